The Morgan fingerprint density at radius 3 is 1.86 bits per heavy atom. The van der Waals surface area contributed by atoms with E-state index in [2.05, 4.69) is 44.9 Å². The lowest BCUT2D eigenvalue weighted by Gasteiger charge is -2.31. The van der Waals surface area contributed by atoms with Crippen LogP contribution in [0.15, 0.2) is 78.9 Å². The minimum absolute atomic E-state index is 0.0901. The number of halogens is 2. The van der Waals surface area contributed by atoms with Gasteiger partial charge in [0.2, 0.25) is 0 Å². The lowest BCUT2D eigenvalue weighted by Crippen LogP contribution is -2.42. The average molecular weight is 609 g/mol. The van der Waals surface area contributed by atoms with Crippen molar-refractivity contribution in [3.63, 3.8) is 0 Å². The smallest absolute Gasteiger partial charge is 0.414 e. The number of nitrogens with one attached hydrogen (secondary N) is 1. The SMILES string of the molecule is CN(C)CCC(I)(NC(=O)c1ccc(-c2ccccc2)cc1)c1ccc(Cl)cc1.O=C(O)C(=O)O. The van der Waals surface area contributed by atoms with Crippen molar-refractivity contribution in [1.29, 1.82) is 0 Å². The molecule has 3 aromatic carbocycles. The fourth-order valence-corrected chi connectivity index (χ4v) is 4.04. The van der Waals surface area contributed by atoms with Crippen LogP contribution >= 0.6 is 34.2 Å². The highest BCUT2D eigenvalue weighted by Gasteiger charge is 2.31. The van der Waals surface area contributed by atoms with Crippen LogP contribution in [0, 0.1) is 0 Å². The minimum Gasteiger partial charge on any atom is -0.473 e. The molecule has 0 aromatic heterocycles. The van der Waals surface area contributed by atoms with Crippen LogP contribution in [0.2, 0.25) is 5.02 Å². The Morgan fingerprint density at radius 1 is 0.857 bits per heavy atom. The van der Waals surface area contributed by atoms with Gasteiger partial charge in [-0.25, -0.2) is 9.59 Å². The van der Waals surface area contributed by atoms with Crippen molar-refractivity contribution in [2.45, 2.75) is 9.97 Å². The van der Waals surface area contributed by atoms with Crippen LogP contribution in [0.5, 0.6) is 0 Å². The fourth-order valence-electron chi connectivity index (χ4n) is 3.07. The first-order valence-electron chi connectivity index (χ1n) is 10.6. The van der Waals surface area contributed by atoms with Crippen LogP contribution in [-0.4, -0.2) is 53.6 Å². The van der Waals surface area contributed by atoms with E-state index in [1.165, 1.54) is 0 Å². The number of benzene rings is 3. The number of carbonyl (C=O) groups excluding carboxylic acids is 1. The molecule has 184 valence electrons. The summed E-state index contributed by atoms with van der Waals surface area (Å²) in [6.45, 7) is 0.846. The van der Waals surface area contributed by atoms with Crippen molar-refractivity contribution in [3.05, 3.63) is 95.0 Å². The third-order valence-corrected chi connectivity index (χ3v) is 6.64. The van der Waals surface area contributed by atoms with E-state index in [0.29, 0.717) is 10.6 Å². The number of carboxylic acid groups (broad SMARTS) is 2. The van der Waals surface area contributed by atoms with E-state index in [4.69, 9.17) is 31.4 Å². The van der Waals surface area contributed by atoms with E-state index in [0.717, 1.165) is 29.7 Å². The molecule has 0 bridgehead atoms. The second-order valence-corrected chi connectivity index (χ2v) is 10.1. The van der Waals surface area contributed by atoms with Crippen LogP contribution in [-0.2, 0) is 13.1 Å². The molecule has 7 nitrogen and oxygen atoms in total. The van der Waals surface area contributed by atoms with Gasteiger partial charge in [-0.05, 0) is 84.1 Å². The Labute approximate surface area is 222 Å². The van der Waals surface area contributed by atoms with Crippen LogP contribution in [0.3, 0.4) is 0 Å². The summed E-state index contributed by atoms with van der Waals surface area (Å²) in [5.74, 6) is -3.74. The number of nitrogens with zero attached hydrogens (tertiary/aromatic N) is 1. The van der Waals surface area contributed by atoms with Crippen molar-refractivity contribution in [2.75, 3.05) is 20.6 Å². The minimum atomic E-state index is -1.82. The van der Waals surface area contributed by atoms with E-state index in [1.807, 2.05) is 80.8 Å². The summed E-state index contributed by atoms with van der Waals surface area (Å²) in [6.07, 6.45) is 0.774. The van der Waals surface area contributed by atoms with Crippen molar-refractivity contribution >= 4 is 52.0 Å². The highest BCUT2D eigenvalue weighted by atomic mass is 127. The molecule has 0 saturated carbocycles. The zero-order valence-electron chi connectivity index (χ0n) is 19.2. The number of rotatable bonds is 7. The molecule has 35 heavy (non-hydrogen) atoms. The van der Waals surface area contributed by atoms with Crippen molar-refractivity contribution in [1.82, 2.24) is 10.2 Å². The van der Waals surface area contributed by atoms with E-state index < -0.39 is 15.5 Å². The van der Waals surface area contributed by atoms with E-state index in [-0.39, 0.29) is 5.91 Å². The van der Waals surface area contributed by atoms with Crippen LogP contribution < -0.4 is 5.32 Å². The second-order valence-electron chi connectivity index (χ2n) is 7.87. The molecule has 9 heteroatoms. The number of hydrogen-bond acceptors (Lipinski definition) is 4. The monoisotopic (exact) mass is 608 g/mol. The molecule has 0 aliphatic carbocycles. The summed E-state index contributed by atoms with van der Waals surface area (Å²) in [5, 5.41) is 18.7. The molecular formula is C26H26ClIN2O5. The van der Waals surface area contributed by atoms with E-state index in [1.54, 1.807) is 0 Å². The highest BCUT2D eigenvalue weighted by Crippen LogP contribution is 2.34. The molecule has 0 heterocycles. The second kappa shape index (κ2) is 13.2. The lowest BCUT2D eigenvalue weighted by molar-refractivity contribution is -0.159. The normalized spacial score (nSPS) is 12.1. The Hall–Kier alpha value is -2.95. The molecule has 0 radical (unpaired) electrons. The zero-order chi connectivity index (χ0) is 26.0. The van der Waals surface area contributed by atoms with Gasteiger partial charge in [0.25, 0.3) is 5.91 Å². The van der Waals surface area contributed by atoms with Crippen molar-refractivity contribution < 1.29 is 24.6 Å². The predicted molar refractivity (Wildman–Crippen MR) is 145 cm³/mol. The molecule has 3 aromatic rings. The molecule has 0 spiro atoms. The van der Waals surface area contributed by atoms with Gasteiger partial charge in [-0.1, -0.05) is 66.2 Å². The molecule has 0 aliphatic rings. The Morgan fingerprint density at radius 2 is 1.37 bits per heavy atom. The van der Waals surface area contributed by atoms with E-state index in [9.17, 15) is 4.79 Å². The summed E-state index contributed by atoms with van der Waals surface area (Å²) < 4.78 is -0.526. The van der Waals surface area contributed by atoms with Gasteiger partial charge in [-0.2, -0.15) is 0 Å². The van der Waals surface area contributed by atoms with Gasteiger partial charge in [-0.15, -0.1) is 0 Å². The first kappa shape index (κ1) is 28.3. The summed E-state index contributed by atoms with van der Waals surface area (Å²) >= 11 is 8.40. The maximum Gasteiger partial charge on any atom is 0.414 e. The summed E-state index contributed by atoms with van der Waals surface area (Å²) in [6, 6.07) is 25.5. The highest BCUT2D eigenvalue weighted by molar-refractivity contribution is 14.1. The van der Waals surface area contributed by atoms with Gasteiger partial charge >= 0.3 is 11.9 Å². The number of carboxylic acids is 2. The quantitative estimate of drug-likeness (QED) is 0.149. The number of amides is 1. The summed E-state index contributed by atoms with van der Waals surface area (Å²) in [5.41, 5.74) is 3.89. The fraction of sp³-hybridized carbons (Fsp3) is 0.192. The van der Waals surface area contributed by atoms with Crippen LogP contribution in [0.1, 0.15) is 22.3 Å². The first-order chi connectivity index (χ1) is 16.5. The van der Waals surface area contributed by atoms with Gasteiger partial charge in [0.1, 0.15) is 3.55 Å². The van der Waals surface area contributed by atoms with Gasteiger partial charge in [0.15, 0.2) is 0 Å². The van der Waals surface area contributed by atoms with Crippen molar-refractivity contribution in [2.24, 2.45) is 0 Å². The largest absolute Gasteiger partial charge is 0.473 e. The summed E-state index contributed by atoms with van der Waals surface area (Å²) in [4.78, 5) is 33.4. The standard InChI is InChI=1S/C24H24ClIN2O.C2H2O4/c1-28(2)17-16-24(26,21-12-14-22(25)15-13-21)27-23(29)20-10-8-19(9-11-20)18-6-4-3-5-7-18;3-1(4)2(5)6/h3-15H,16-17H2,1-2H3,(H,27,29);(H,3,4)(H,5,6). The van der Waals surface area contributed by atoms with Gasteiger partial charge in [-0.3, -0.25) is 4.79 Å². The molecule has 3 N–H and O–H groups in total. The van der Waals surface area contributed by atoms with E-state index >= 15 is 0 Å². The predicted octanol–water partition coefficient (Wildman–Crippen LogP) is 5.13. The summed E-state index contributed by atoms with van der Waals surface area (Å²) in [7, 11) is 4.06. The lowest BCUT2D eigenvalue weighted by atomic mass is 10.0. The topological polar surface area (TPSA) is 107 Å². The number of alkyl halides is 1. The maximum absolute atomic E-state index is 13.0. The molecule has 1 atom stereocenters. The molecule has 0 fully saturated rings. The van der Waals surface area contributed by atoms with Gasteiger partial charge in [0, 0.05) is 17.1 Å². The Kier molecular flexibility index (Phi) is 10.7. The third-order valence-electron chi connectivity index (χ3n) is 4.95. The maximum atomic E-state index is 13.0. The third kappa shape index (κ3) is 8.97. The molecule has 1 unspecified atom stereocenters. The molecule has 1 amide bonds. The molecule has 3 rings (SSSR count). The van der Waals surface area contributed by atoms with Gasteiger partial charge in [0.05, 0.1) is 0 Å². The van der Waals surface area contributed by atoms with Gasteiger partial charge < -0.3 is 20.4 Å². The molecular weight excluding hydrogens is 583 g/mol. The van der Waals surface area contributed by atoms with Crippen LogP contribution in [0.4, 0.5) is 0 Å². The molecule has 0 saturated heterocycles. The Balaban J connectivity index is 0.000000641. The zero-order valence-corrected chi connectivity index (χ0v) is 22.2. The Bertz CT molecular complexity index is 1130. The van der Waals surface area contributed by atoms with Crippen molar-refractivity contribution in [3.8, 4) is 11.1 Å². The molecule has 0 aliphatic heterocycles. The first-order valence-corrected chi connectivity index (χ1v) is 12.0. The van der Waals surface area contributed by atoms with Crippen LogP contribution in [0.25, 0.3) is 11.1 Å². The number of hydrogen-bond donors (Lipinski definition) is 3. The number of aliphatic carboxylic acids is 2. The average Bonchev–Trinajstić information content (AvgIpc) is 2.84. The number of carbonyl (C=O) groups is 3.